The van der Waals surface area contributed by atoms with E-state index in [1.807, 2.05) is 11.3 Å². The molecule has 4 heterocycles. The number of fused-ring (bicyclic) bond motifs is 8. The Labute approximate surface area is 466 Å². The lowest BCUT2D eigenvalue weighted by Gasteiger charge is -2.45. The fourth-order valence-corrected chi connectivity index (χ4v) is 13.7. The highest BCUT2D eigenvalue weighted by Crippen LogP contribution is 2.50. The van der Waals surface area contributed by atoms with Crippen molar-refractivity contribution in [2.45, 2.75) is 106 Å². The van der Waals surface area contributed by atoms with Crippen LogP contribution in [0.3, 0.4) is 0 Å². The number of ether oxygens (including phenoxy) is 2. The van der Waals surface area contributed by atoms with E-state index >= 15 is 0 Å². The molecule has 0 fully saturated rings. The minimum Gasteiger partial charge on any atom is -0.490 e. The number of benzene rings is 9. The van der Waals surface area contributed by atoms with Crippen molar-refractivity contribution in [1.82, 2.24) is 0 Å². The first-order chi connectivity index (χ1) is 37.3. The third kappa shape index (κ3) is 8.50. The maximum absolute atomic E-state index is 6.65. The van der Waals surface area contributed by atoms with Gasteiger partial charge in [0.05, 0.1) is 18.9 Å². The van der Waals surface area contributed by atoms with Gasteiger partial charge in [0.2, 0.25) is 0 Å². The van der Waals surface area contributed by atoms with Crippen LogP contribution in [0.2, 0.25) is 0 Å². The van der Waals surface area contributed by atoms with Crippen molar-refractivity contribution in [2.24, 2.45) is 0 Å². The van der Waals surface area contributed by atoms with Gasteiger partial charge in [-0.1, -0.05) is 165 Å². The van der Waals surface area contributed by atoms with Gasteiger partial charge in [-0.25, -0.2) is 0 Å². The summed E-state index contributed by atoms with van der Waals surface area (Å²) < 4.78 is 15.9. The summed E-state index contributed by atoms with van der Waals surface area (Å²) in [6, 6.07) is 63.2. The molecule has 0 spiro atoms. The molecule has 0 saturated carbocycles. The van der Waals surface area contributed by atoms with Gasteiger partial charge in [-0.3, -0.25) is 0 Å². The highest BCUT2D eigenvalue weighted by molar-refractivity contribution is 7.25. The predicted molar refractivity (Wildman–Crippen MR) is 336 cm³/mol. The Morgan fingerprint density at radius 1 is 0.423 bits per heavy atom. The van der Waals surface area contributed by atoms with E-state index in [1.54, 1.807) is 0 Å². The molecule has 0 saturated heterocycles. The number of aryl methyl sites for hydroxylation is 3. The van der Waals surface area contributed by atoms with Gasteiger partial charge in [0.15, 0.2) is 11.5 Å². The number of thiophene rings is 1. The molecule has 78 heavy (non-hydrogen) atoms. The summed E-state index contributed by atoms with van der Waals surface area (Å²) in [4.78, 5) is 5.16. The summed E-state index contributed by atoms with van der Waals surface area (Å²) in [5.74, 6) is 1.61. The molecule has 13 rings (SSSR count). The Bertz CT molecular complexity index is 3950. The molecule has 0 amide bonds. The second-order valence-electron chi connectivity index (χ2n) is 25.4. The maximum atomic E-state index is 6.65. The second-order valence-corrected chi connectivity index (χ2v) is 26.5. The zero-order valence-electron chi connectivity index (χ0n) is 47.4. The van der Waals surface area contributed by atoms with E-state index in [9.17, 15) is 0 Å². The molecule has 4 nitrogen and oxygen atoms in total. The van der Waals surface area contributed by atoms with Gasteiger partial charge < -0.3 is 19.3 Å². The molecule has 0 atom stereocenters. The molecule has 388 valence electrons. The normalized spacial score (nSPS) is 14.1. The molecule has 0 radical (unpaired) electrons. The van der Waals surface area contributed by atoms with Crippen molar-refractivity contribution in [3.63, 3.8) is 0 Å². The summed E-state index contributed by atoms with van der Waals surface area (Å²) in [5.41, 5.74) is 25.6. The van der Waals surface area contributed by atoms with E-state index in [0.29, 0.717) is 13.2 Å². The van der Waals surface area contributed by atoms with Gasteiger partial charge in [0.25, 0.3) is 6.71 Å². The van der Waals surface area contributed by atoms with E-state index in [1.165, 1.54) is 126 Å². The fraction of sp³-hybridized carbons (Fsp3) is 0.250. The Morgan fingerprint density at radius 2 is 0.949 bits per heavy atom. The van der Waals surface area contributed by atoms with E-state index < -0.39 is 0 Å². The topological polar surface area (TPSA) is 24.9 Å². The van der Waals surface area contributed by atoms with E-state index in [-0.39, 0.29) is 23.0 Å². The molecule has 0 bridgehead atoms. The number of hydrogen-bond acceptors (Lipinski definition) is 5. The van der Waals surface area contributed by atoms with Crippen LogP contribution in [0.25, 0.3) is 53.6 Å². The number of anilines is 6. The van der Waals surface area contributed by atoms with Gasteiger partial charge >= 0.3 is 0 Å². The zero-order valence-corrected chi connectivity index (χ0v) is 48.2. The van der Waals surface area contributed by atoms with Crippen LogP contribution in [-0.2, 0) is 16.2 Å². The van der Waals surface area contributed by atoms with E-state index in [2.05, 4.69) is 257 Å². The molecule has 0 N–H and O–H groups in total. The summed E-state index contributed by atoms with van der Waals surface area (Å²) >= 11 is 1.88. The lowest BCUT2D eigenvalue weighted by molar-refractivity contribution is 0.297. The van der Waals surface area contributed by atoms with Crippen molar-refractivity contribution in [3.8, 4) is 44.9 Å². The molecule has 6 heteroatoms. The third-order valence-electron chi connectivity index (χ3n) is 16.7. The molecule has 1 aromatic heterocycles. The van der Waals surface area contributed by atoms with Crippen molar-refractivity contribution < 1.29 is 9.47 Å². The molecular weight excluding hydrogens is 968 g/mol. The minimum absolute atomic E-state index is 0.00990. The quantitative estimate of drug-likeness (QED) is 0.160. The van der Waals surface area contributed by atoms with Crippen molar-refractivity contribution >= 4 is 88.7 Å². The van der Waals surface area contributed by atoms with Crippen LogP contribution in [0.1, 0.15) is 102 Å². The zero-order chi connectivity index (χ0) is 54.2. The van der Waals surface area contributed by atoms with Gasteiger partial charge in [0, 0.05) is 61.1 Å². The van der Waals surface area contributed by atoms with Crippen molar-refractivity contribution in [3.05, 3.63) is 197 Å². The van der Waals surface area contributed by atoms with Gasteiger partial charge in [-0.05, 0) is 175 Å². The van der Waals surface area contributed by atoms with Crippen LogP contribution >= 0.6 is 11.3 Å². The SMILES string of the molecule is Cc1cc2c3c(c1)N(c1c(C)cc(C(C)(C)C)cc1C)c1cc4c(cc1B3c1cc(-c3ccc5c(c3)sc3ccccc35)ccc1N2c1cc(-c2ccc(C(C)(C)C)cc2)cc(-c2ccc(C(C)(C)C)cc2)c1)OCCCO4. The first kappa shape index (κ1) is 50.0. The standard InChI is InChI=1S/C72H69BN2O2S/c1-43-32-62-68-63(33-43)75(69-44(2)34-54(35-45(69)3)72(10,11)12)61-42-65-64(76-30-15-31-77-65)41-59(61)73(68)58-39-48(49-22-28-57-56-16-13-14-17-66(56)78-67(57)40-49)23-29-60(58)74(62)55-37-50(46-18-24-52(25-19-46)70(4,5)6)36-51(38-55)47-20-26-53(27-21-47)71(7,8)9/h13-14,16-29,32-42H,15,30-31H2,1-12H3. The lowest BCUT2D eigenvalue weighted by Crippen LogP contribution is -2.61. The summed E-state index contributed by atoms with van der Waals surface area (Å²) in [5, 5.41) is 2.62. The highest BCUT2D eigenvalue weighted by Gasteiger charge is 2.45. The van der Waals surface area contributed by atoms with Crippen LogP contribution in [0.15, 0.2) is 164 Å². The Kier molecular flexibility index (Phi) is 11.7. The molecule has 0 unspecified atom stereocenters. The predicted octanol–water partition coefficient (Wildman–Crippen LogP) is 18.1. The smallest absolute Gasteiger partial charge is 0.252 e. The van der Waals surface area contributed by atoms with Gasteiger partial charge in [-0.15, -0.1) is 11.3 Å². The second kappa shape index (κ2) is 18.3. The first-order valence-corrected chi connectivity index (χ1v) is 28.8. The number of hydrogen-bond donors (Lipinski definition) is 0. The Balaban J connectivity index is 1.10. The molecule has 3 aliphatic heterocycles. The van der Waals surface area contributed by atoms with Crippen LogP contribution in [0.4, 0.5) is 34.1 Å². The largest absolute Gasteiger partial charge is 0.490 e. The van der Waals surface area contributed by atoms with Crippen LogP contribution in [0.5, 0.6) is 11.5 Å². The Hall–Kier alpha value is -7.54. The Morgan fingerprint density at radius 3 is 1.56 bits per heavy atom. The third-order valence-corrected chi connectivity index (χ3v) is 17.9. The molecular formula is C72H69BN2O2S. The number of nitrogens with zero attached hydrogens (tertiary/aromatic N) is 2. The fourth-order valence-electron chi connectivity index (χ4n) is 12.5. The molecule has 3 aliphatic rings. The van der Waals surface area contributed by atoms with Crippen LogP contribution in [-0.4, -0.2) is 19.9 Å². The molecule has 10 aromatic rings. The monoisotopic (exact) mass is 1040 g/mol. The minimum atomic E-state index is -0.134. The van der Waals surface area contributed by atoms with Crippen molar-refractivity contribution in [2.75, 3.05) is 23.0 Å². The average molecular weight is 1040 g/mol. The number of rotatable bonds is 5. The summed E-state index contributed by atoms with van der Waals surface area (Å²) in [6.45, 7) is 28.6. The first-order valence-electron chi connectivity index (χ1n) is 28.0. The van der Waals surface area contributed by atoms with Crippen molar-refractivity contribution in [1.29, 1.82) is 0 Å². The van der Waals surface area contributed by atoms with E-state index in [0.717, 1.165) is 29.3 Å². The van der Waals surface area contributed by atoms with Gasteiger partial charge in [0.1, 0.15) is 0 Å². The lowest BCUT2D eigenvalue weighted by atomic mass is 9.33. The maximum Gasteiger partial charge on any atom is 0.252 e. The highest BCUT2D eigenvalue weighted by atomic mass is 32.1. The van der Waals surface area contributed by atoms with Gasteiger partial charge in [-0.2, -0.15) is 0 Å². The van der Waals surface area contributed by atoms with E-state index in [4.69, 9.17) is 9.47 Å². The summed E-state index contributed by atoms with van der Waals surface area (Å²) in [6.07, 6.45) is 0.830. The van der Waals surface area contributed by atoms with Crippen LogP contribution in [0, 0.1) is 20.8 Å². The average Bonchev–Trinajstić information content (AvgIpc) is 3.52. The molecule has 0 aliphatic carbocycles. The summed E-state index contributed by atoms with van der Waals surface area (Å²) in [7, 11) is 0. The van der Waals surface area contributed by atoms with Crippen LogP contribution < -0.4 is 35.7 Å². The molecule has 9 aromatic carbocycles.